The minimum atomic E-state index is -3.14. The largest absolute Gasteiger partial charge is 0.353 e. The lowest BCUT2D eigenvalue weighted by molar-refractivity contribution is -0.415. The molecule has 5 nitrogen and oxygen atoms in total. The van der Waals surface area contributed by atoms with Crippen LogP contribution in [0.3, 0.4) is 0 Å². The first kappa shape index (κ1) is 13.3. The summed E-state index contributed by atoms with van der Waals surface area (Å²) in [6.45, 7) is 0. The van der Waals surface area contributed by atoms with E-state index in [1.54, 1.807) is 0 Å². The van der Waals surface area contributed by atoms with Crippen molar-refractivity contribution >= 4 is 50.5 Å². The first-order chi connectivity index (χ1) is 6.62. The highest BCUT2D eigenvalue weighted by Crippen LogP contribution is 2.26. The van der Waals surface area contributed by atoms with Gasteiger partial charge in [-0.15, -0.1) is 0 Å². The van der Waals surface area contributed by atoms with Gasteiger partial charge < -0.3 is 11.1 Å². The molecule has 1 amide bonds. The summed E-state index contributed by atoms with van der Waals surface area (Å²) in [4.78, 5) is 11.2. The summed E-state index contributed by atoms with van der Waals surface area (Å²) < 4.78 is 20.3. The molecule has 0 saturated carbocycles. The van der Waals surface area contributed by atoms with E-state index in [0.717, 1.165) is 0 Å². The molecule has 0 radical (unpaired) electrons. The molecule has 9 heteroatoms. The van der Waals surface area contributed by atoms with E-state index in [1.807, 2.05) is 0 Å². The van der Waals surface area contributed by atoms with Gasteiger partial charge in [-0.1, -0.05) is 34.8 Å². The Kier molecular flexibility index (Phi) is 3.78. The minimum absolute atomic E-state index is 0.0577. The Morgan fingerprint density at radius 3 is 2.20 bits per heavy atom. The second-order valence-electron chi connectivity index (χ2n) is 3.41. The van der Waals surface area contributed by atoms with Crippen LogP contribution in [0.15, 0.2) is 0 Å². The predicted octanol–water partition coefficient (Wildman–Crippen LogP) is -1.12. The van der Waals surface area contributed by atoms with Crippen molar-refractivity contribution in [2.45, 2.75) is 15.9 Å². The number of carbonyl (C=O) groups excluding carboxylic acids is 1. The number of quaternary nitrogens is 1. The van der Waals surface area contributed by atoms with Gasteiger partial charge in [-0.2, -0.15) is 0 Å². The van der Waals surface area contributed by atoms with Crippen molar-refractivity contribution in [3.8, 4) is 0 Å². The molecule has 1 aliphatic heterocycles. The highest BCUT2D eigenvalue weighted by atomic mass is 35.6. The molecule has 15 heavy (non-hydrogen) atoms. The van der Waals surface area contributed by atoms with Crippen LogP contribution in [0.4, 0.5) is 0 Å². The van der Waals surface area contributed by atoms with Crippen molar-refractivity contribution < 1.29 is 18.9 Å². The van der Waals surface area contributed by atoms with E-state index in [0.29, 0.717) is 0 Å². The third-order valence-electron chi connectivity index (χ3n) is 2.04. The van der Waals surface area contributed by atoms with Crippen LogP contribution in [-0.4, -0.2) is 41.7 Å². The molecule has 4 N–H and O–H groups in total. The predicted molar refractivity (Wildman–Crippen MR) is 57.6 cm³/mol. The summed E-state index contributed by atoms with van der Waals surface area (Å²) in [6, 6.07) is -0.996. The highest BCUT2D eigenvalue weighted by Gasteiger charge is 2.42. The molecule has 0 aromatic heterocycles. The lowest BCUT2D eigenvalue weighted by Gasteiger charge is -2.16. The number of nitrogens with one attached hydrogen (secondary N) is 1. The molecule has 1 heterocycles. The van der Waals surface area contributed by atoms with Crippen molar-refractivity contribution in [1.29, 1.82) is 0 Å². The molecule has 2 atom stereocenters. The minimum Gasteiger partial charge on any atom is -0.353 e. The maximum absolute atomic E-state index is 11.2. The van der Waals surface area contributed by atoms with Gasteiger partial charge in [-0.05, 0) is 0 Å². The molecule has 1 aliphatic rings. The van der Waals surface area contributed by atoms with Gasteiger partial charge in [0, 0.05) is 0 Å². The monoisotopic (exact) mass is 295 g/mol. The average molecular weight is 297 g/mol. The van der Waals surface area contributed by atoms with Gasteiger partial charge in [0.2, 0.25) is 0 Å². The third-order valence-corrected chi connectivity index (χ3v) is 4.36. The number of halogens is 3. The van der Waals surface area contributed by atoms with Gasteiger partial charge in [-0.3, -0.25) is 4.79 Å². The fraction of sp³-hybridized carbons (Fsp3) is 0.833. The van der Waals surface area contributed by atoms with Crippen LogP contribution in [0.5, 0.6) is 0 Å². The topological polar surface area (TPSA) is 90.9 Å². The Labute approximate surface area is 102 Å². The molecule has 0 aromatic rings. The second-order valence-corrected chi connectivity index (χ2v) is 7.85. The number of alkyl halides is 3. The Bertz CT molecular complexity index is 364. The van der Waals surface area contributed by atoms with Crippen molar-refractivity contribution in [3.63, 3.8) is 0 Å². The van der Waals surface area contributed by atoms with Gasteiger partial charge in [0.15, 0.2) is 9.84 Å². The van der Waals surface area contributed by atoms with Crippen LogP contribution >= 0.6 is 34.8 Å². The number of hydrogen-bond donors (Lipinski definition) is 2. The van der Waals surface area contributed by atoms with Gasteiger partial charge in [0.1, 0.15) is 11.8 Å². The zero-order valence-corrected chi connectivity index (χ0v) is 10.6. The maximum Gasteiger partial charge on any atom is 0.272 e. The Morgan fingerprint density at radius 1 is 1.33 bits per heavy atom. The summed E-state index contributed by atoms with van der Waals surface area (Å²) in [5, 5.41) is 2.35. The van der Waals surface area contributed by atoms with Gasteiger partial charge in [0.05, 0.1) is 11.8 Å². The highest BCUT2D eigenvalue weighted by molar-refractivity contribution is 7.91. The third kappa shape index (κ3) is 3.64. The van der Waals surface area contributed by atoms with Crippen molar-refractivity contribution in [3.05, 3.63) is 0 Å². The average Bonchev–Trinajstić information content (AvgIpc) is 2.22. The second kappa shape index (κ2) is 4.25. The molecule has 0 spiro atoms. The standard InChI is InChI=1S/C6H9Cl3N2O3S/c7-6(8,9)5(12)11-4-2-15(13,14)1-3(4)10/h3-4H,1-2,10H2,(H,11,12)/p+1/t3-,4+/m1/s1. The van der Waals surface area contributed by atoms with Crippen molar-refractivity contribution in [2.24, 2.45) is 0 Å². The smallest absolute Gasteiger partial charge is 0.272 e. The summed E-state index contributed by atoms with van der Waals surface area (Å²) in [5.74, 6) is -1.05. The van der Waals surface area contributed by atoms with E-state index < -0.39 is 31.6 Å². The van der Waals surface area contributed by atoms with Gasteiger partial charge in [0.25, 0.3) is 9.70 Å². The fourth-order valence-corrected chi connectivity index (χ4v) is 3.42. The van der Waals surface area contributed by atoms with Crippen LogP contribution in [-0.2, 0) is 14.6 Å². The Balaban J connectivity index is 2.66. The molecule has 1 rings (SSSR count). The first-order valence-corrected chi connectivity index (χ1v) is 6.98. The van der Waals surface area contributed by atoms with Crippen molar-refractivity contribution in [2.75, 3.05) is 11.5 Å². The molecule has 1 fully saturated rings. The lowest BCUT2D eigenvalue weighted by atomic mass is 10.2. The first-order valence-electron chi connectivity index (χ1n) is 4.03. The number of amides is 1. The van der Waals surface area contributed by atoms with E-state index in [4.69, 9.17) is 34.8 Å². The molecule has 88 valence electrons. The Hall–Kier alpha value is 0.250. The van der Waals surface area contributed by atoms with Crippen LogP contribution < -0.4 is 11.1 Å². The van der Waals surface area contributed by atoms with E-state index in [1.165, 1.54) is 0 Å². The van der Waals surface area contributed by atoms with Crippen LogP contribution in [0.25, 0.3) is 0 Å². The molecule has 1 saturated heterocycles. The summed E-state index contributed by atoms with van der Waals surface area (Å²) in [5.41, 5.74) is 3.63. The molecular formula is C6H10Cl3N2O3S+. The van der Waals surface area contributed by atoms with E-state index in [9.17, 15) is 13.2 Å². The molecule has 0 aromatic carbocycles. The van der Waals surface area contributed by atoms with Crippen LogP contribution in [0.1, 0.15) is 0 Å². The molecular weight excluding hydrogens is 287 g/mol. The Morgan fingerprint density at radius 2 is 1.87 bits per heavy atom. The van der Waals surface area contributed by atoms with E-state index in [2.05, 4.69) is 11.1 Å². The summed E-state index contributed by atoms with van der Waals surface area (Å²) in [6.07, 6.45) is 0. The number of hydrogen-bond acceptors (Lipinski definition) is 3. The van der Waals surface area contributed by atoms with E-state index in [-0.39, 0.29) is 11.5 Å². The van der Waals surface area contributed by atoms with E-state index >= 15 is 0 Å². The number of carbonyl (C=O) groups is 1. The van der Waals surface area contributed by atoms with Crippen LogP contribution in [0, 0.1) is 0 Å². The lowest BCUT2D eigenvalue weighted by Crippen LogP contribution is -2.69. The number of sulfone groups is 1. The summed E-state index contributed by atoms with van der Waals surface area (Å²) in [7, 11) is -3.14. The normalized spacial score (nSPS) is 30.1. The summed E-state index contributed by atoms with van der Waals surface area (Å²) >= 11 is 16.0. The molecule has 0 bridgehead atoms. The SMILES string of the molecule is [NH3+][C@@H]1CS(=O)(=O)C[C@@H]1NC(=O)C(Cl)(Cl)Cl. The molecule has 0 unspecified atom stereocenters. The van der Waals surface area contributed by atoms with Gasteiger partial charge in [-0.25, -0.2) is 8.42 Å². The van der Waals surface area contributed by atoms with Gasteiger partial charge >= 0.3 is 0 Å². The molecule has 0 aliphatic carbocycles. The maximum atomic E-state index is 11.2. The number of rotatable bonds is 1. The van der Waals surface area contributed by atoms with Crippen molar-refractivity contribution in [1.82, 2.24) is 5.32 Å². The van der Waals surface area contributed by atoms with Crippen LogP contribution in [0.2, 0.25) is 0 Å². The zero-order chi connectivity index (χ0) is 11.9. The quantitative estimate of drug-likeness (QED) is 0.601. The zero-order valence-electron chi connectivity index (χ0n) is 7.54. The fourth-order valence-electron chi connectivity index (χ4n) is 1.33.